The van der Waals surface area contributed by atoms with Crippen molar-refractivity contribution in [2.24, 2.45) is 12.0 Å². The largest absolute Gasteiger partial charge is 0.379 e. The number of nitrogens with zero attached hydrogens (tertiary/aromatic N) is 5. The number of hydrogen-bond donors (Lipinski definition) is 2. The molecule has 29 heavy (non-hydrogen) atoms. The van der Waals surface area contributed by atoms with Gasteiger partial charge in [-0.3, -0.25) is 4.90 Å². The third kappa shape index (κ3) is 6.79. The first-order chi connectivity index (χ1) is 14.1. The van der Waals surface area contributed by atoms with E-state index in [4.69, 9.17) is 4.74 Å². The van der Waals surface area contributed by atoms with Crippen LogP contribution in [-0.2, 0) is 24.9 Å². The molecule has 0 unspecified atom stereocenters. The Morgan fingerprint density at radius 2 is 1.93 bits per heavy atom. The predicted molar refractivity (Wildman–Crippen MR) is 110 cm³/mol. The number of guanidine groups is 1. The van der Waals surface area contributed by atoms with Crippen molar-refractivity contribution in [1.29, 1.82) is 0 Å². The summed E-state index contributed by atoms with van der Waals surface area (Å²) in [4.78, 5) is 7.05. The van der Waals surface area contributed by atoms with Gasteiger partial charge in [0, 0.05) is 26.7 Å². The van der Waals surface area contributed by atoms with Gasteiger partial charge in [0.15, 0.2) is 11.8 Å². The maximum absolute atomic E-state index is 13.1. The number of aliphatic imine (C=N–C) groups is 1. The molecule has 1 aliphatic heterocycles. The van der Waals surface area contributed by atoms with Gasteiger partial charge in [0.1, 0.15) is 11.6 Å². The molecule has 158 valence electrons. The molecular formula is C20H30FN7O. The van der Waals surface area contributed by atoms with Crippen molar-refractivity contribution in [2.45, 2.75) is 26.4 Å². The number of nitrogens with one attached hydrogen (secondary N) is 2. The van der Waals surface area contributed by atoms with E-state index >= 15 is 0 Å². The van der Waals surface area contributed by atoms with Crippen molar-refractivity contribution in [2.75, 3.05) is 39.4 Å². The first-order valence-corrected chi connectivity index (χ1v) is 10.0. The minimum Gasteiger partial charge on any atom is -0.379 e. The van der Waals surface area contributed by atoms with E-state index in [2.05, 4.69) is 30.7 Å². The van der Waals surface area contributed by atoms with Gasteiger partial charge in [0.25, 0.3) is 0 Å². The smallest absolute Gasteiger partial charge is 0.191 e. The molecule has 1 aromatic carbocycles. The number of benzene rings is 1. The number of rotatable bonds is 8. The zero-order chi connectivity index (χ0) is 20.5. The summed E-state index contributed by atoms with van der Waals surface area (Å²) in [5.41, 5.74) is 0.954. The molecule has 2 heterocycles. The molecule has 0 bridgehead atoms. The fourth-order valence-corrected chi connectivity index (χ4v) is 3.04. The van der Waals surface area contributed by atoms with Crippen LogP contribution in [0.15, 0.2) is 29.3 Å². The fourth-order valence-electron chi connectivity index (χ4n) is 3.04. The summed E-state index contributed by atoms with van der Waals surface area (Å²) in [7, 11) is 1.94. The highest BCUT2D eigenvalue weighted by Gasteiger charge is 2.10. The first kappa shape index (κ1) is 21.2. The monoisotopic (exact) mass is 403 g/mol. The zero-order valence-corrected chi connectivity index (χ0v) is 17.2. The van der Waals surface area contributed by atoms with Gasteiger partial charge in [-0.2, -0.15) is 0 Å². The Bertz CT molecular complexity index is 785. The second-order valence-corrected chi connectivity index (χ2v) is 7.10. The van der Waals surface area contributed by atoms with Crippen LogP contribution in [0.3, 0.4) is 0 Å². The van der Waals surface area contributed by atoms with Gasteiger partial charge in [-0.05, 0) is 37.6 Å². The maximum atomic E-state index is 13.1. The van der Waals surface area contributed by atoms with Gasteiger partial charge in [0.2, 0.25) is 0 Å². The van der Waals surface area contributed by atoms with E-state index in [1.54, 1.807) is 12.1 Å². The van der Waals surface area contributed by atoms with Crippen molar-refractivity contribution < 1.29 is 9.13 Å². The lowest BCUT2D eigenvalue weighted by Gasteiger charge is -2.26. The molecule has 0 radical (unpaired) electrons. The van der Waals surface area contributed by atoms with Gasteiger partial charge < -0.3 is 19.9 Å². The number of aryl methyl sites for hydroxylation is 1. The molecule has 8 nitrogen and oxygen atoms in total. The van der Waals surface area contributed by atoms with Gasteiger partial charge in [-0.1, -0.05) is 12.1 Å². The molecule has 0 spiro atoms. The molecule has 0 saturated carbocycles. The third-order valence-electron chi connectivity index (χ3n) is 4.98. The van der Waals surface area contributed by atoms with E-state index in [1.807, 2.05) is 18.5 Å². The molecule has 0 atom stereocenters. The predicted octanol–water partition coefficient (Wildman–Crippen LogP) is 1.22. The molecule has 1 aromatic heterocycles. The second kappa shape index (κ2) is 10.9. The third-order valence-corrected chi connectivity index (χ3v) is 4.98. The number of hydrogen-bond acceptors (Lipinski definition) is 5. The molecule has 1 aliphatic rings. The summed E-state index contributed by atoms with van der Waals surface area (Å²) in [6, 6.07) is 6.41. The van der Waals surface area contributed by atoms with E-state index < -0.39 is 0 Å². The minimum atomic E-state index is -0.241. The lowest BCUT2D eigenvalue weighted by Crippen LogP contribution is -2.40. The van der Waals surface area contributed by atoms with Gasteiger partial charge in [-0.25, -0.2) is 9.38 Å². The van der Waals surface area contributed by atoms with Crippen LogP contribution in [0, 0.1) is 12.7 Å². The molecule has 2 N–H and O–H groups in total. The number of aromatic nitrogens is 3. The minimum absolute atomic E-state index is 0.241. The summed E-state index contributed by atoms with van der Waals surface area (Å²) in [6.45, 7) is 8.38. The molecule has 3 rings (SSSR count). The summed E-state index contributed by atoms with van der Waals surface area (Å²) in [5.74, 6) is 2.17. The molecule has 2 aromatic rings. The van der Waals surface area contributed by atoms with Crippen molar-refractivity contribution in [3.8, 4) is 0 Å². The second-order valence-electron chi connectivity index (χ2n) is 7.10. The average molecular weight is 404 g/mol. The normalized spacial score (nSPS) is 15.5. The Balaban J connectivity index is 1.53. The zero-order valence-electron chi connectivity index (χ0n) is 17.2. The summed E-state index contributed by atoms with van der Waals surface area (Å²) >= 11 is 0. The van der Waals surface area contributed by atoms with Crippen molar-refractivity contribution in [3.05, 3.63) is 47.3 Å². The van der Waals surface area contributed by atoms with Gasteiger partial charge >= 0.3 is 0 Å². The molecule has 0 aliphatic carbocycles. The Hall–Kier alpha value is -2.52. The van der Waals surface area contributed by atoms with Crippen LogP contribution in [0.2, 0.25) is 0 Å². The fraction of sp³-hybridized carbons (Fsp3) is 0.550. The Morgan fingerprint density at radius 3 is 2.62 bits per heavy atom. The summed E-state index contributed by atoms with van der Waals surface area (Å²) in [6.07, 6.45) is 1.01. The molecule has 0 amide bonds. The van der Waals surface area contributed by atoms with Crippen LogP contribution in [0.1, 0.15) is 23.6 Å². The van der Waals surface area contributed by atoms with Crippen molar-refractivity contribution >= 4 is 5.96 Å². The summed E-state index contributed by atoms with van der Waals surface area (Å²) < 4.78 is 20.4. The molecule has 1 fully saturated rings. The van der Waals surface area contributed by atoms with Gasteiger partial charge in [0.05, 0.1) is 26.3 Å². The first-order valence-electron chi connectivity index (χ1n) is 10.0. The van der Waals surface area contributed by atoms with E-state index in [0.29, 0.717) is 19.0 Å². The lowest BCUT2D eigenvalue weighted by atomic mass is 10.2. The van der Waals surface area contributed by atoms with E-state index in [0.717, 1.165) is 63.0 Å². The van der Waals surface area contributed by atoms with Crippen LogP contribution >= 0.6 is 0 Å². The Kier molecular flexibility index (Phi) is 7.94. The van der Waals surface area contributed by atoms with E-state index in [-0.39, 0.29) is 5.82 Å². The molecule has 1 saturated heterocycles. The number of morpholine rings is 1. The standard InChI is InChI=1S/C20H30FN7O/c1-16-25-26-19(27(16)2)15-24-20(23-14-17-4-6-18(21)7-5-17)22-8-3-9-28-10-12-29-13-11-28/h4-7H,3,8-15H2,1-2H3,(H2,22,23,24). The highest BCUT2D eigenvalue weighted by Crippen LogP contribution is 2.04. The highest BCUT2D eigenvalue weighted by molar-refractivity contribution is 5.79. The maximum Gasteiger partial charge on any atom is 0.191 e. The van der Waals surface area contributed by atoms with Crippen LogP contribution < -0.4 is 10.6 Å². The van der Waals surface area contributed by atoms with E-state index in [9.17, 15) is 4.39 Å². The molecular weight excluding hydrogens is 373 g/mol. The highest BCUT2D eigenvalue weighted by atomic mass is 19.1. The van der Waals surface area contributed by atoms with Crippen LogP contribution in [0.4, 0.5) is 4.39 Å². The number of halogens is 1. The van der Waals surface area contributed by atoms with Crippen molar-refractivity contribution in [1.82, 2.24) is 30.3 Å². The van der Waals surface area contributed by atoms with Crippen molar-refractivity contribution in [3.63, 3.8) is 0 Å². The SMILES string of the molecule is Cc1nnc(CNC(=NCc2ccc(F)cc2)NCCCN2CCOCC2)n1C. The Labute approximate surface area is 171 Å². The van der Waals surface area contributed by atoms with E-state index in [1.165, 1.54) is 12.1 Å². The quantitative estimate of drug-likeness (QED) is 0.392. The van der Waals surface area contributed by atoms with Gasteiger partial charge in [-0.15, -0.1) is 10.2 Å². The van der Waals surface area contributed by atoms with Crippen LogP contribution in [-0.4, -0.2) is 65.0 Å². The molecule has 9 heteroatoms. The lowest BCUT2D eigenvalue weighted by molar-refractivity contribution is 0.0376. The Morgan fingerprint density at radius 1 is 1.17 bits per heavy atom. The van der Waals surface area contributed by atoms with Crippen LogP contribution in [0.5, 0.6) is 0 Å². The average Bonchev–Trinajstić information content (AvgIpc) is 3.06. The topological polar surface area (TPSA) is 79.6 Å². The van der Waals surface area contributed by atoms with Crippen LogP contribution in [0.25, 0.3) is 0 Å². The number of ether oxygens (including phenoxy) is 1. The summed E-state index contributed by atoms with van der Waals surface area (Å²) in [5, 5.41) is 15.0.